The van der Waals surface area contributed by atoms with Crippen LogP contribution in [0.2, 0.25) is 0 Å². The lowest BCUT2D eigenvalue weighted by Crippen LogP contribution is -2.36. The molecule has 82 valence electrons. The Hall–Kier alpha value is -0.520. The first-order chi connectivity index (χ1) is 7.25. The average Bonchev–Trinajstić information content (AvgIpc) is 2.25. The first-order valence-electron chi connectivity index (χ1n) is 4.87. The van der Waals surface area contributed by atoms with Gasteiger partial charge in [-0.1, -0.05) is 0 Å². The van der Waals surface area contributed by atoms with E-state index in [1.54, 1.807) is 6.07 Å². The number of hydrogen-bond acceptors (Lipinski definition) is 3. The van der Waals surface area contributed by atoms with Gasteiger partial charge in [0.05, 0.1) is 18.9 Å². The van der Waals surface area contributed by atoms with Crippen LogP contribution in [0.4, 0.5) is 4.39 Å². The molecule has 0 spiro atoms. The molecular weight excluding hydrogens is 263 g/mol. The van der Waals surface area contributed by atoms with Gasteiger partial charge in [-0.15, -0.1) is 0 Å². The van der Waals surface area contributed by atoms with Crippen molar-refractivity contribution >= 4 is 15.9 Å². The summed E-state index contributed by atoms with van der Waals surface area (Å²) in [6.45, 7) is 3.67. The summed E-state index contributed by atoms with van der Waals surface area (Å²) in [4.78, 5) is 6.27. The Morgan fingerprint density at radius 1 is 1.40 bits per heavy atom. The molecule has 1 aliphatic rings. The number of ether oxygens (including phenoxy) is 1. The third-order valence-corrected chi connectivity index (χ3v) is 2.80. The van der Waals surface area contributed by atoms with Crippen molar-refractivity contribution in [1.29, 1.82) is 0 Å². The van der Waals surface area contributed by atoms with E-state index in [-0.39, 0.29) is 5.82 Å². The SMILES string of the molecule is Fc1ccc(Br)nc1CN1CCOCC1. The fourth-order valence-electron chi connectivity index (χ4n) is 1.54. The van der Waals surface area contributed by atoms with Gasteiger partial charge in [0.1, 0.15) is 10.4 Å². The van der Waals surface area contributed by atoms with Crippen LogP contribution >= 0.6 is 15.9 Å². The molecule has 2 heterocycles. The zero-order chi connectivity index (χ0) is 10.7. The number of aromatic nitrogens is 1. The molecule has 0 aliphatic carbocycles. The predicted molar refractivity (Wildman–Crippen MR) is 58.0 cm³/mol. The average molecular weight is 275 g/mol. The Kier molecular flexibility index (Phi) is 3.66. The number of rotatable bonds is 2. The van der Waals surface area contributed by atoms with Gasteiger partial charge in [-0.2, -0.15) is 0 Å². The van der Waals surface area contributed by atoms with E-state index in [0.29, 0.717) is 16.8 Å². The zero-order valence-corrected chi connectivity index (χ0v) is 9.83. The third kappa shape index (κ3) is 2.96. The molecule has 15 heavy (non-hydrogen) atoms. The lowest BCUT2D eigenvalue weighted by atomic mass is 10.3. The molecule has 0 atom stereocenters. The smallest absolute Gasteiger partial charge is 0.146 e. The first-order valence-corrected chi connectivity index (χ1v) is 5.66. The molecule has 1 fully saturated rings. The minimum Gasteiger partial charge on any atom is -0.379 e. The Morgan fingerprint density at radius 2 is 2.13 bits per heavy atom. The lowest BCUT2D eigenvalue weighted by Gasteiger charge is -2.26. The van der Waals surface area contributed by atoms with E-state index in [9.17, 15) is 4.39 Å². The minimum absolute atomic E-state index is 0.246. The van der Waals surface area contributed by atoms with Crippen molar-refractivity contribution < 1.29 is 9.13 Å². The van der Waals surface area contributed by atoms with Crippen molar-refractivity contribution in [2.24, 2.45) is 0 Å². The van der Waals surface area contributed by atoms with Crippen LogP contribution in [-0.2, 0) is 11.3 Å². The van der Waals surface area contributed by atoms with E-state index in [2.05, 4.69) is 25.8 Å². The molecule has 0 radical (unpaired) electrons. The first kappa shape index (κ1) is 11.0. The number of hydrogen-bond donors (Lipinski definition) is 0. The molecule has 0 N–H and O–H groups in total. The monoisotopic (exact) mass is 274 g/mol. The summed E-state index contributed by atoms with van der Waals surface area (Å²) >= 11 is 3.24. The van der Waals surface area contributed by atoms with Crippen LogP contribution in [-0.4, -0.2) is 36.2 Å². The highest BCUT2D eigenvalue weighted by atomic mass is 79.9. The molecule has 2 rings (SSSR count). The van der Waals surface area contributed by atoms with Crippen molar-refractivity contribution in [1.82, 2.24) is 9.88 Å². The molecule has 1 aliphatic heterocycles. The van der Waals surface area contributed by atoms with Crippen LogP contribution in [0.15, 0.2) is 16.7 Å². The van der Waals surface area contributed by atoms with Gasteiger partial charge in [0.2, 0.25) is 0 Å². The summed E-state index contributed by atoms with van der Waals surface area (Å²) < 4.78 is 19.3. The predicted octanol–water partition coefficient (Wildman–Crippen LogP) is 1.82. The normalized spacial score (nSPS) is 18.0. The summed E-state index contributed by atoms with van der Waals surface area (Å²) in [5.41, 5.74) is 0.492. The maximum atomic E-state index is 13.4. The van der Waals surface area contributed by atoms with Gasteiger partial charge in [0, 0.05) is 19.6 Å². The number of pyridine rings is 1. The second kappa shape index (κ2) is 5.01. The fourth-order valence-corrected chi connectivity index (χ4v) is 1.89. The summed E-state index contributed by atoms with van der Waals surface area (Å²) in [5.74, 6) is -0.246. The second-order valence-electron chi connectivity index (χ2n) is 3.45. The summed E-state index contributed by atoms with van der Waals surface area (Å²) in [6, 6.07) is 3.05. The number of nitrogens with zero attached hydrogens (tertiary/aromatic N) is 2. The Morgan fingerprint density at radius 3 is 2.87 bits per heavy atom. The molecule has 0 amide bonds. The van der Waals surface area contributed by atoms with Crippen molar-refractivity contribution in [3.05, 3.63) is 28.2 Å². The van der Waals surface area contributed by atoms with Crippen molar-refractivity contribution in [3.8, 4) is 0 Å². The van der Waals surface area contributed by atoms with Gasteiger partial charge >= 0.3 is 0 Å². The van der Waals surface area contributed by atoms with Gasteiger partial charge in [-0.05, 0) is 28.1 Å². The molecule has 1 aromatic rings. The van der Waals surface area contributed by atoms with E-state index >= 15 is 0 Å². The fraction of sp³-hybridized carbons (Fsp3) is 0.500. The standard InChI is InChI=1S/C10H12BrFN2O/c11-10-2-1-8(12)9(13-10)7-14-3-5-15-6-4-14/h1-2H,3-7H2. The molecule has 1 saturated heterocycles. The number of halogens is 2. The molecule has 3 nitrogen and oxygen atoms in total. The topological polar surface area (TPSA) is 25.4 Å². The molecule has 5 heteroatoms. The van der Waals surface area contributed by atoms with E-state index in [1.165, 1.54) is 6.07 Å². The zero-order valence-electron chi connectivity index (χ0n) is 8.25. The van der Waals surface area contributed by atoms with E-state index in [1.807, 2.05) is 0 Å². The Balaban J connectivity index is 2.05. The molecule has 0 aromatic carbocycles. The van der Waals surface area contributed by atoms with E-state index in [4.69, 9.17) is 4.74 Å². The second-order valence-corrected chi connectivity index (χ2v) is 4.26. The molecule has 0 unspecified atom stereocenters. The maximum Gasteiger partial charge on any atom is 0.146 e. The van der Waals surface area contributed by atoms with Crippen LogP contribution in [0.1, 0.15) is 5.69 Å². The summed E-state index contributed by atoms with van der Waals surface area (Å²) in [5, 5.41) is 0. The Bertz CT molecular complexity index is 342. The maximum absolute atomic E-state index is 13.4. The van der Waals surface area contributed by atoms with Gasteiger partial charge in [0.15, 0.2) is 0 Å². The Labute approximate surface area is 96.4 Å². The highest BCUT2D eigenvalue weighted by Crippen LogP contribution is 2.13. The highest BCUT2D eigenvalue weighted by molar-refractivity contribution is 9.10. The molecule has 0 bridgehead atoms. The summed E-state index contributed by atoms with van der Waals surface area (Å²) in [7, 11) is 0. The van der Waals surface area contributed by atoms with Crippen LogP contribution in [0.3, 0.4) is 0 Å². The van der Waals surface area contributed by atoms with E-state index < -0.39 is 0 Å². The minimum atomic E-state index is -0.246. The van der Waals surface area contributed by atoms with Crippen LogP contribution in [0, 0.1) is 5.82 Å². The molecule has 1 aromatic heterocycles. The van der Waals surface area contributed by atoms with Gasteiger partial charge < -0.3 is 4.74 Å². The lowest BCUT2D eigenvalue weighted by molar-refractivity contribution is 0.0331. The number of morpholine rings is 1. The highest BCUT2D eigenvalue weighted by Gasteiger charge is 2.14. The quantitative estimate of drug-likeness (QED) is 0.770. The van der Waals surface area contributed by atoms with Crippen molar-refractivity contribution in [2.45, 2.75) is 6.54 Å². The summed E-state index contributed by atoms with van der Waals surface area (Å²) in [6.07, 6.45) is 0. The largest absolute Gasteiger partial charge is 0.379 e. The van der Waals surface area contributed by atoms with Crippen molar-refractivity contribution in [3.63, 3.8) is 0 Å². The van der Waals surface area contributed by atoms with Crippen LogP contribution in [0.5, 0.6) is 0 Å². The van der Waals surface area contributed by atoms with Gasteiger partial charge in [-0.25, -0.2) is 9.37 Å². The molecule has 0 saturated carbocycles. The van der Waals surface area contributed by atoms with Gasteiger partial charge in [-0.3, -0.25) is 4.90 Å². The molecular formula is C10H12BrFN2O. The third-order valence-electron chi connectivity index (χ3n) is 2.36. The van der Waals surface area contributed by atoms with Crippen LogP contribution in [0.25, 0.3) is 0 Å². The van der Waals surface area contributed by atoms with Gasteiger partial charge in [0.25, 0.3) is 0 Å². The van der Waals surface area contributed by atoms with Crippen molar-refractivity contribution in [2.75, 3.05) is 26.3 Å². The van der Waals surface area contributed by atoms with Crippen LogP contribution < -0.4 is 0 Å². The van der Waals surface area contributed by atoms with E-state index in [0.717, 1.165) is 26.3 Å².